The van der Waals surface area contributed by atoms with Crippen LogP contribution < -0.4 is 15.4 Å². The Morgan fingerprint density at radius 3 is 2.75 bits per heavy atom. The molecule has 0 saturated carbocycles. The molecule has 124 valence electrons. The number of anilines is 3. The van der Waals surface area contributed by atoms with Gasteiger partial charge in [0.15, 0.2) is 0 Å². The van der Waals surface area contributed by atoms with Crippen LogP contribution >= 0.6 is 0 Å². The third-order valence-electron chi connectivity index (χ3n) is 3.47. The number of methoxy groups -OCH3 is 1. The largest absolute Gasteiger partial charge is 0.495 e. The standard InChI is InChI=1S/C18H20N4O2/c1-12-6-7-16(23-3)15(9-12)21-17-10-13(2)20-18(22-17)19-11-14-5-4-8-24-14/h4-10H,11H2,1-3H3,(H2,19,20,21,22). The molecule has 0 bridgehead atoms. The van der Waals surface area contributed by atoms with Crippen LogP contribution in [-0.4, -0.2) is 17.1 Å². The summed E-state index contributed by atoms with van der Waals surface area (Å²) in [7, 11) is 1.65. The second kappa shape index (κ2) is 7.04. The van der Waals surface area contributed by atoms with Crippen LogP contribution in [0.25, 0.3) is 0 Å². The Morgan fingerprint density at radius 2 is 2.00 bits per heavy atom. The van der Waals surface area contributed by atoms with E-state index in [2.05, 4.69) is 20.6 Å². The van der Waals surface area contributed by atoms with Gasteiger partial charge >= 0.3 is 0 Å². The van der Waals surface area contributed by atoms with Gasteiger partial charge in [-0.1, -0.05) is 6.07 Å². The van der Waals surface area contributed by atoms with Gasteiger partial charge in [0.1, 0.15) is 17.3 Å². The zero-order valence-corrected chi connectivity index (χ0v) is 14.0. The van der Waals surface area contributed by atoms with Crippen LogP contribution in [0, 0.1) is 13.8 Å². The van der Waals surface area contributed by atoms with Crippen LogP contribution in [0.3, 0.4) is 0 Å². The highest BCUT2D eigenvalue weighted by atomic mass is 16.5. The highest BCUT2D eigenvalue weighted by Crippen LogP contribution is 2.28. The van der Waals surface area contributed by atoms with Gasteiger partial charge < -0.3 is 19.8 Å². The molecule has 2 heterocycles. The number of aromatic nitrogens is 2. The van der Waals surface area contributed by atoms with Crippen LogP contribution in [0.5, 0.6) is 5.75 Å². The average molecular weight is 324 g/mol. The van der Waals surface area contributed by atoms with E-state index in [4.69, 9.17) is 9.15 Å². The van der Waals surface area contributed by atoms with Gasteiger partial charge in [0.25, 0.3) is 0 Å². The van der Waals surface area contributed by atoms with Crippen molar-refractivity contribution in [1.29, 1.82) is 0 Å². The molecule has 0 aliphatic carbocycles. The third-order valence-corrected chi connectivity index (χ3v) is 3.47. The molecule has 0 atom stereocenters. The molecule has 3 rings (SSSR count). The Hall–Kier alpha value is -3.02. The Labute approximate surface area is 140 Å². The topological polar surface area (TPSA) is 72.2 Å². The Kier molecular flexibility index (Phi) is 4.65. The number of ether oxygens (including phenoxy) is 1. The van der Waals surface area contributed by atoms with E-state index >= 15 is 0 Å². The van der Waals surface area contributed by atoms with Crippen LogP contribution in [0.1, 0.15) is 17.0 Å². The lowest BCUT2D eigenvalue weighted by Gasteiger charge is -2.13. The van der Waals surface area contributed by atoms with Crippen LogP contribution in [0.15, 0.2) is 47.1 Å². The van der Waals surface area contributed by atoms with Crippen molar-refractivity contribution in [2.45, 2.75) is 20.4 Å². The second-order valence-electron chi connectivity index (χ2n) is 5.48. The molecule has 0 fully saturated rings. The van der Waals surface area contributed by atoms with E-state index in [1.807, 2.05) is 50.2 Å². The first kappa shape index (κ1) is 15.9. The van der Waals surface area contributed by atoms with Crippen molar-refractivity contribution >= 4 is 17.5 Å². The van der Waals surface area contributed by atoms with Gasteiger partial charge in [-0.2, -0.15) is 4.98 Å². The van der Waals surface area contributed by atoms with E-state index in [0.717, 1.165) is 28.5 Å². The molecule has 0 aliphatic rings. The molecule has 0 spiro atoms. The van der Waals surface area contributed by atoms with Crippen LogP contribution in [0.4, 0.5) is 17.5 Å². The number of nitrogens with one attached hydrogen (secondary N) is 2. The molecular weight excluding hydrogens is 304 g/mol. The van der Waals surface area contributed by atoms with E-state index in [0.29, 0.717) is 18.3 Å². The molecular formula is C18H20N4O2. The predicted octanol–water partition coefficient (Wildman–Crippen LogP) is 4.05. The Bertz CT molecular complexity index is 816. The second-order valence-corrected chi connectivity index (χ2v) is 5.48. The summed E-state index contributed by atoms with van der Waals surface area (Å²) in [5, 5.41) is 6.47. The van der Waals surface area contributed by atoms with Crippen LogP contribution in [0.2, 0.25) is 0 Å². The number of furan rings is 1. The number of aryl methyl sites for hydroxylation is 2. The minimum Gasteiger partial charge on any atom is -0.495 e. The van der Waals surface area contributed by atoms with Gasteiger partial charge in [0.2, 0.25) is 5.95 Å². The fraction of sp³-hybridized carbons (Fsp3) is 0.222. The smallest absolute Gasteiger partial charge is 0.225 e. The molecule has 24 heavy (non-hydrogen) atoms. The normalized spacial score (nSPS) is 10.5. The summed E-state index contributed by atoms with van der Waals surface area (Å²) in [5.41, 5.74) is 2.87. The molecule has 0 radical (unpaired) electrons. The number of benzene rings is 1. The summed E-state index contributed by atoms with van der Waals surface area (Å²) in [6.45, 7) is 4.49. The lowest BCUT2D eigenvalue weighted by molar-refractivity contribution is 0.416. The molecule has 3 aromatic rings. The first-order valence-corrected chi connectivity index (χ1v) is 7.67. The summed E-state index contributed by atoms with van der Waals surface area (Å²) in [6.07, 6.45) is 1.64. The highest BCUT2D eigenvalue weighted by molar-refractivity contribution is 5.65. The molecule has 6 nitrogen and oxygen atoms in total. The minimum atomic E-state index is 0.531. The molecule has 2 N–H and O–H groups in total. The van der Waals surface area contributed by atoms with Crippen molar-refractivity contribution < 1.29 is 9.15 Å². The Morgan fingerprint density at radius 1 is 1.12 bits per heavy atom. The SMILES string of the molecule is COc1ccc(C)cc1Nc1cc(C)nc(NCc2ccco2)n1. The maximum atomic E-state index is 5.40. The number of hydrogen-bond acceptors (Lipinski definition) is 6. The summed E-state index contributed by atoms with van der Waals surface area (Å²) in [6, 6.07) is 11.6. The van der Waals surface area contributed by atoms with Crippen LogP contribution in [-0.2, 0) is 6.54 Å². The zero-order valence-electron chi connectivity index (χ0n) is 14.0. The van der Waals surface area contributed by atoms with Gasteiger partial charge in [-0.15, -0.1) is 0 Å². The summed E-state index contributed by atoms with van der Waals surface area (Å²) >= 11 is 0. The fourth-order valence-corrected chi connectivity index (χ4v) is 2.35. The van der Waals surface area contributed by atoms with E-state index < -0.39 is 0 Å². The van der Waals surface area contributed by atoms with Gasteiger partial charge in [0, 0.05) is 11.8 Å². The monoisotopic (exact) mass is 324 g/mol. The molecule has 1 aromatic carbocycles. The number of hydrogen-bond donors (Lipinski definition) is 2. The molecule has 0 unspecified atom stereocenters. The van der Waals surface area contributed by atoms with Crippen molar-refractivity contribution in [1.82, 2.24) is 9.97 Å². The summed E-state index contributed by atoms with van der Waals surface area (Å²) in [4.78, 5) is 8.90. The number of rotatable bonds is 6. The summed E-state index contributed by atoms with van der Waals surface area (Å²) in [5.74, 6) is 2.84. The molecule has 0 amide bonds. The lowest BCUT2D eigenvalue weighted by atomic mass is 10.2. The fourth-order valence-electron chi connectivity index (χ4n) is 2.35. The quantitative estimate of drug-likeness (QED) is 0.712. The molecule has 0 saturated heterocycles. The van der Waals surface area contributed by atoms with E-state index in [1.54, 1.807) is 13.4 Å². The molecule has 0 aliphatic heterocycles. The van der Waals surface area contributed by atoms with Gasteiger partial charge in [-0.25, -0.2) is 4.98 Å². The van der Waals surface area contributed by atoms with E-state index in [9.17, 15) is 0 Å². The van der Waals surface area contributed by atoms with E-state index in [1.165, 1.54) is 0 Å². The third kappa shape index (κ3) is 3.84. The van der Waals surface area contributed by atoms with Crippen molar-refractivity contribution in [3.05, 3.63) is 59.7 Å². The lowest BCUT2D eigenvalue weighted by Crippen LogP contribution is -2.06. The maximum absolute atomic E-state index is 5.40. The summed E-state index contributed by atoms with van der Waals surface area (Å²) < 4.78 is 10.7. The predicted molar refractivity (Wildman–Crippen MR) is 93.8 cm³/mol. The average Bonchev–Trinajstić information content (AvgIpc) is 3.06. The van der Waals surface area contributed by atoms with Gasteiger partial charge in [-0.05, 0) is 43.7 Å². The van der Waals surface area contributed by atoms with Crippen molar-refractivity contribution in [3.8, 4) is 5.75 Å². The Balaban J connectivity index is 1.79. The first-order chi connectivity index (χ1) is 11.6. The first-order valence-electron chi connectivity index (χ1n) is 7.67. The van der Waals surface area contributed by atoms with Crippen molar-refractivity contribution in [2.24, 2.45) is 0 Å². The van der Waals surface area contributed by atoms with Crippen molar-refractivity contribution in [2.75, 3.05) is 17.7 Å². The molecule has 6 heteroatoms. The molecule has 2 aromatic heterocycles. The minimum absolute atomic E-state index is 0.531. The highest BCUT2D eigenvalue weighted by Gasteiger charge is 2.07. The number of nitrogens with zero attached hydrogens (tertiary/aromatic N) is 2. The maximum Gasteiger partial charge on any atom is 0.225 e. The van der Waals surface area contributed by atoms with Gasteiger partial charge in [0.05, 0.1) is 25.6 Å². The van der Waals surface area contributed by atoms with Gasteiger partial charge in [-0.3, -0.25) is 0 Å². The zero-order chi connectivity index (χ0) is 16.9. The van der Waals surface area contributed by atoms with Crippen molar-refractivity contribution in [3.63, 3.8) is 0 Å². The van der Waals surface area contributed by atoms with E-state index in [-0.39, 0.29) is 0 Å².